The molecule has 3 nitrogen and oxygen atoms in total. The summed E-state index contributed by atoms with van der Waals surface area (Å²) in [5.41, 5.74) is -0.505. The highest BCUT2D eigenvalue weighted by atomic mass is 28.4. The van der Waals surface area contributed by atoms with Gasteiger partial charge in [-0.25, -0.2) is 0 Å². The Bertz CT molecular complexity index is 384. The molecule has 23 heavy (non-hydrogen) atoms. The summed E-state index contributed by atoms with van der Waals surface area (Å²) in [6, 6.07) is 0. The standard InChI is InChI=1S/C17H40BNO2Si2/c1-14(2)13-15(19(22(7,8)9)23(10,11)12)18-20-16(3,4)17(5,6)21-18/h14-15H,13H2,1-12H3/t15-/m0/s1. The van der Waals surface area contributed by atoms with Crippen LogP contribution in [0.2, 0.25) is 39.3 Å². The van der Waals surface area contributed by atoms with E-state index in [0.717, 1.165) is 6.42 Å². The average Bonchev–Trinajstić information content (AvgIpc) is 2.42. The van der Waals surface area contributed by atoms with Crippen molar-refractivity contribution < 1.29 is 9.31 Å². The first-order valence-corrected chi connectivity index (χ1v) is 16.0. The molecule has 1 atom stereocenters. The van der Waals surface area contributed by atoms with E-state index in [1.165, 1.54) is 0 Å². The third kappa shape index (κ3) is 4.94. The molecule has 0 unspecified atom stereocenters. The normalized spacial score (nSPS) is 23.0. The summed E-state index contributed by atoms with van der Waals surface area (Å²) >= 11 is 0. The zero-order chi connectivity index (χ0) is 18.4. The van der Waals surface area contributed by atoms with Crippen LogP contribution in [0, 0.1) is 5.92 Å². The minimum atomic E-state index is -1.48. The lowest BCUT2D eigenvalue weighted by Gasteiger charge is -2.49. The largest absolute Gasteiger partial charge is 0.474 e. The van der Waals surface area contributed by atoms with Crippen LogP contribution in [0.1, 0.15) is 48.0 Å². The first-order valence-electron chi connectivity index (χ1n) is 9.14. The van der Waals surface area contributed by atoms with Gasteiger partial charge in [-0.3, -0.25) is 0 Å². The number of hydrogen-bond acceptors (Lipinski definition) is 3. The van der Waals surface area contributed by atoms with Gasteiger partial charge in [0.1, 0.15) is 16.5 Å². The van der Waals surface area contributed by atoms with Crippen LogP contribution >= 0.6 is 0 Å². The Morgan fingerprint density at radius 3 is 1.43 bits per heavy atom. The highest BCUT2D eigenvalue weighted by molar-refractivity contribution is 6.90. The molecule has 1 aliphatic rings. The quantitative estimate of drug-likeness (QED) is 0.624. The summed E-state index contributed by atoms with van der Waals surface area (Å²) in [5.74, 6) is 0.989. The van der Waals surface area contributed by atoms with Gasteiger partial charge in [-0.15, -0.1) is 0 Å². The average molecular weight is 357 g/mol. The van der Waals surface area contributed by atoms with E-state index in [-0.39, 0.29) is 18.3 Å². The van der Waals surface area contributed by atoms with Crippen molar-refractivity contribution in [1.29, 1.82) is 0 Å². The molecule has 0 bridgehead atoms. The topological polar surface area (TPSA) is 21.7 Å². The van der Waals surface area contributed by atoms with E-state index >= 15 is 0 Å². The number of hydrogen-bond donors (Lipinski definition) is 0. The third-order valence-corrected chi connectivity index (χ3v) is 12.7. The van der Waals surface area contributed by atoms with Crippen molar-refractivity contribution in [1.82, 2.24) is 4.23 Å². The van der Waals surface area contributed by atoms with Crippen LogP contribution in [0.5, 0.6) is 0 Å². The predicted molar refractivity (Wildman–Crippen MR) is 108 cm³/mol. The van der Waals surface area contributed by atoms with Crippen molar-refractivity contribution in [3.05, 3.63) is 0 Å². The van der Waals surface area contributed by atoms with Gasteiger partial charge in [0.2, 0.25) is 0 Å². The predicted octanol–water partition coefficient (Wildman–Crippen LogP) is 5.00. The molecule has 0 aromatic heterocycles. The van der Waals surface area contributed by atoms with E-state index in [1.807, 2.05) is 0 Å². The smallest absolute Gasteiger partial charge is 0.402 e. The van der Waals surface area contributed by atoms with Gasteiger partial charge in [0.05, 0.1) is 11.2 Å². The lowest BCUT2D eigenvalue weighted by Crippen LogP contribution is -2.67. The van der Waals surface area contributed by atoms with Crippen LogP contribution in [0.25, 0.3) is 0 Å². The molecule has 0 aromatic rings. The maximum absolute atomic E-state index is 6.48. The van der Waals surface area contributed by atoms with E-state index in [4.69, 9.17) is 9.31 Å². The van der Waals surface area contributed by atoms with Crippen molar-refractivity contribution in [2.24, 2.45) is 5.92 Å². The monoisotopic (exact) mass is 357 g/mol. The van der Waals surface area contributed by atoms with Gasteiger partial charge in [0, 0.05) is 5.94 Å². The van der Waals surface area contributed by atoms with Crippen LogP contribution in [0.4, 0.5) is 0 Å². The van der Waals surface area contributed by atoms with E-state index in [2.05, 4.69) is 85.1 Å². The molecule has 1 heterocycles. The van der Waals surface area contributed by atoms with Crippen molar-refractivity contribution in [2.75, 3.05) is 0 Å². The fourth-order valence-corrected chi connectivity index (χ4v) is 14.4. The van der Waals surface area contributed by atoms with Crippen LogP contribution in [-0.4, -0.2) is 45.0 Å². The van der Waals surface area contributed by atoms with Crippen LogP contribution in [0.3, 0.4) is 0 Å². The van der Waals surface area contributed by atoms with Crippen LogP contribution in [-0.2, 0) is 9.31 Å². The molecule has 0 spiro atoms. The Labute approximate surface area is 147 Å². The lowest BCUT2D eigenvalue weighted by molar-refractivity contribution is 0.00578. The highest BCUT2D eigenvalue weighted by Crippen LogP contribution is 2.40. The van der Waals surface area contributed by atoms with Crippen molar-refractivity contribution >= 4 is 23.6 Å². The zero-order valence-electron chi connectivity index (χ0n) is 17.7. The van der Waals surface area contributed by atoms with Gasteiger partial charge in [-0.1, -0.05) is 53.1 Å². The second-order valence-electron chi connectivity index (χ2n) is 10.5. The Kier molecular flexibility index (Phi) is 6.14. The summed E-state index contributed by atoms with van der Waals surface area (Å²) in [7, 11) is -3.08. The number of rotatable bonds is 6. The fourth-order valence-electron chi connectivity index (χ4n) is 3.87. The van der Waals surface area contributed by atoms with Crippen molar-refractivity contribution in [3.63, 3.8) is 0 Å². The number of nitrogens with zero attached hydrogens (tertiary/aromatic N) is 1. The molecule has 0 N–H and O–H groups in total. The molecule has 1 saturated heterocycles. The van der Waals surface area contributed by atoms with Crippen molar-refractivity contribution in [3.8, 4) is 0 Å². The molecule has 1 rings (SSSR count). The first kappa shape index (κ1) is 21.4. The van der Waals surface area contributed by atoms with Crippen LogP contribution in [0.15, 0.2) is 0 Å². The lowest BCUT2D eigenvalue weighted by atomic mass is 9.74. The summed E-state index contributed by atoms with van der Waals surface area (Å²) in [6.07, 6.45) is 1.13. The highest BCUT2D eigenvalue weighted by Gasteiger charge is 2.57. The zero-order valence-corrected chi connectivity index (χ0v) is 19.7. The summed E-state index contributed by atoms with van der Waals surface area (Å²) < 4.78 is 15.8. The van der Waals surface area contributed by atoms with Crippen LogP contribution < -0.4 is 0 Å². The van der Waals surface area contributed by atoms with Gasteiger partial charge in [0.25, 0.3) is 0 Å². The van der Waals surface area contributed by atoms with Gasteiger partial charge in [-0.2, -0.15) is 0 Å². The Hall–Kier alpha value is 0.379. The molecule has 1 aliphatic heterocycles. The maximum Gasteiger partial charge on any atom is 0.474 e. The fraction of sp³-hybridized carbons (Fsp3) is 1.00. The molecule has 1 fully saturated rings. The summed E-state index contributed by atoms with van der Waals surface area (Å²) in [6.45, 7) is 28.0. The second-order valence-corrected chi connectivity index (χ2v) is 20.6. The molecular formula is C17H40BNO2Si2. The van der Waals surface area contributed by atoms with Gasteiger partial charge >= 0.3 is 7.12 Å². The van der Waals surface area contributed by atoms with E-state index in [9.17, 15) is 0 Å². The summed E-state index contributed by atoms with van der Waals surface area (Å²) in [4.78, 5) is 0. The van der Waals surface area contributed by atoms with Gasteiger partial charge in [-0.05, 0) is 40.0 Å². The minimum absolute atomic E-state index is 0.124. The molecule has 0 saturated carbocycles. The molecule has 0 aromatic carbocycles. The molecule has 6 heteroatoms. The molecule has 136 valence electrons. The molecule has 0 radical (unpaired) electrons. The maximum atomic E-state index is 6.48. The molecule has 0 amide bonds. The third-order valence-electron chi connectivity index (χ3n) is 5.08. The van der Waals surface area contributed by atoms with E-state index < -0.39 is 16.5 Å². The Morgan fingerprint density at radius 1 is 0.826 bits per heavy atom. The van der Waals surface area contributed by atoms with Gasteiger partial charge in [0.15, 0.2) is 0 Å². The Balaban J connectivity index is 3.24. The molecular weight excluding hydrogens is 317 g/mol. The SMILES string of the molecule is CC(C)C[C@@H](B1OC(C)(C)C(C)(C)O1)N([Si](C)(C)C)[Si](C)(C)C. The minimum Gasteiger partial charge on any atom is -0.402 e. The van der Waals surface area contributed by atoms with Gasteiger partial charge < -0.3 is 13.5 Å². The molecule has 0 aliphatic carbocycles. The summed E-state index contributed by atoms with van der Waals surface area (Å²) in [5, 5.41) is 0. The van der Waals surface area contributed by atoms with E-state index in [1.54, 1.807) is 0 Å². The Morgan fingerprint density at radius 2 is 1.17 bits per heavy atom. The second kappa shape index (κ2) is 6.60. The van der Waals surface area contributed by atoms with Crippen molar-refractivity contribution in [2.45, 2.75) is 104 Å². The first-order chi connectivity index (χ1) is 9.99. The van der Waals surface area contributed by atoms with E-state index in [0.29, 0.717) is 11.9 Å².